The predicted molar refractivity (Wildman–Crippen MR) is 78.2 cm³/mol. The quantitative estimate of drug-likeness (QED) is 0.885. The summed E-state index contributed by atoms with van der Waals surface area (Å²) < 4.78 is 0. The molecule has 3 heteroatoms. The predicted octanol–water partition coefficient (Wildman–Crippen LogP) is 3.53. The molecular formula is C15H25N3. The van der Waals surface area contributed by atoms with Crippen molar-refractivity contribution in [2.45, 2.75) is 45.6 Å². The maximum absolute atomic E-state index is 4.25. The fourth-order valence-electron chi connectivity index (χ4n) is 2.84. The molecule has 18 heavy (non-hydrogen) atoms. The summed E-state index contributed by atoms with van der Waals surface area (Å²) in [7, 11) is 4.15. The lowest BCUT2D eigenvalue weighted by molar-refractivity contribution is 0.217. The summed E-state index contributed by atoms with van der Waals surface area (Å²) >= 11 is 0. The van der Waals surface area contributed by atoms with Crippen molar-refractivity contribution >= 4 is 11.4 Å². The molecule has 1 aliphatic carbocycles. The van der Waals surface area contributed by atoms with Crippen LogP contribution in [0.1, 0.15) is 39.5 Å². The third kappa shape index (κ3) is 2.77. The Balaban J connectivity index is 2.18. The van der Waals surface area contributed by atoms with Crippen LogP contribution in [-0.2, 0) is 0 Å². The van der Waals surface area contributed by atoms with Crippen molar-refractivity contribution in [3.63, 3.8) is 0 Å². The number of anilines is 2. The third-order valence-corrected chi connectivity index (χ3v) is 4.12. The Morgan fingerprint density at radius 3 is 2.78 bits per heavy atom. The zero-order valence-electron chi connectivity index (χ0n) is 12.0. The lowest BCUT2D eigenvalue weighted by atomic mass is 9.73. The number of nitrogens with one attached hydrogen (secondary N) is 1. The maximum Gasteiger partial charge on any atom is 0.0766 e. The molecule has 1 N–H and O–H groups in total. The van der Waals surface area contributed by atoms with Crippen LogP contribution < -0.4 is 10.2 Å². The van der Waals surface area contributed by atoms with Gasteiger partial charge >= 0.3 is 0 Å². The third-order valence-electron chi connectivity index (χ3n) is 4.12. The highest BCUT2D eigenvalue weighted by molar-refractivity contribution is 5.68. The van der Waals surface area contributed by atoms with E-state index in [0.717, 1.165) is 5.69 Å². The second kappa shape index (κ2) is 5.17. The van der Waals surface area contributed by atoms with Crippen LogP contribution in [-0.4, -0.2) is 25.1 Å². The summed E-state index contributed by atoms with van der Waals surface area (Å²) in [5.74, 6) is 0. The highest BCUT2D eigenvalue weighted by Crippen LogP contribution is 2.38. The van der Waals surface area contributed by atoms with Gasteiger partial charge in [0.25, 0.3) is 0 Å². The molecule has 0 saturated heterocycles. The Labute approximate surface area is 111 Å². The van der Waals surface area contributed by atoms with Gasteiger partial charge in [-0.1, -0.05) is 26.7 Å². The van der Waals surface area contributed by atoms with Crippen molar-refractivity contribution in [1.82, 2.24) is 4.98 Å². The molecule has 1 aromatic rings. The lowest BCUT2D eigenvalue weighted by Gasteiger charge is -2.40. The van der Waals surface area contributed by atoms with E-state index in [2.05, 4.69) is 49.2 Å². The Hall–Kier alpha value is -1.25. The fraction of sp³-hybridized carbons (Fsp3) is 0.667. The SMILES string of the molecule is CN(C)c1ccncc1NC1CCCCC1(C)C. The van der Waals surface area contributed by atoms with Crippen LogP contribution in [0.25, 0.3) is 0 Å². The summed E-state index contributed by atoms with van der Waals surface area (Å²) in [5.41, 5.74) is 2.74. The minimum absolute atomic E-state index is 0.373. The van der Waals surface area contributed by atoms with E-state index in [1.54, 1.807) is 0 Å². The zero-order chi connectivity index (χ0) is 13.2. The molecule has 1 unspecified atom stereocenters. The Bertz CT molecular complexity index is 398. The number of rotatable bonds is 3. The summed E-state index contributed by atoms with van der Waals surface area (Å²) in [4.78, 5) is 6.39. The summed E-state index contributed by atoms with van der Waals surface area (Å²) in [6, 6.07) is 2.62. The van der Waals surface area contributed by atoms with Crippen molar-refractivity contribution in [2.75, 3.05) is 24.3 Å². The summed E-state index contributed by atoms with van der Waals surface area (Å²) in [6.07, 6.45) is 9.06. The van der Waals surface area contributed by atoms with Crippen molar-refractivity contribution in [1.29, 1.82) is 0 Å². The molecule has 100 valence electrons. The zero-order valence-corrected chi connectivity index (χ0v) is 12.0. The van der Waals surface area contributed by atoms with Gasteiger partial charge in [0.05, 0.1) is 17.6 Å². The number of hydrogen-bond donors (Lipinski definition) is 1. The molecule has 2 rings (SSSR count). The van der Waals surface area contributed by atoms with Crippen molar-refractivity contribution in [3.8, 4) is 0 Å². The Morgan fingerprint density at radius 1 is 1.33 bits per heavy atom. The van der Waals surface area contributed by atoms with E-state index in [4.69, 9.17) is 0 Å². The number of aromatic nitrogens is 1. The molecule has 0 radical (unpaired) electrons. The molecule has 0 aromatic carbocycles. The molecule has 1 aromatic heterocycles. The Kier molecular flexibility index (Phi) is 3.79. The first-order chi connectivity index (χ1) is 8.50. The van der Waals surface area contributed by atoms with E-state index in [-0.39, 0.29) is 0 Å². The van der Waals surface area contributed by atoms with Gasteiger partial charge in [-0.25, -0.2) is 0 Å². The van der Waals surface area contributed by atoms with E-state index >= 15 is 0 Å². The molecule has 1 heterocycles. The van der Waals surface area contributed by atoms with E-state index in [9.17, 15) is 0 Å². The first-order valence-corrected chi connectivity index (χ1v) is 6.88. The minimum Gasteiger partial charge on any atom is -0.379 e. The van der Waals surface area contributed by atoms with Gasteiger partial charge in [-0.15, -0.1) is 0 Å². The van der Waals surface area contributed by atoms with Crippen LogP contribution in [0, 0.1) is 5.41 Å². The van der Waals surface area contributed by atoms with Crippen molar-refractivity contribution in [3.05, 3.63) is 18.5 Å². The summed E-state index contributed by atoms with van der Waals surface area (Å²) in [6.45, 7) is 4.74. The Morgan fingerprint density at radius 2 is 2.11 bits per heavy atom. The molecule has 0 bridgehead atoms. The van der Waals surface area contributed by atoms with Gasteiger partial charge in [-0.3, -0.25) is 4.98 Å². The molecule has 0 amide bonds. The van der Waals surface area contributed by atoms with E-state index < -0.39 is 0 Å². The molecule has 1 aliphatic rings. The van der Waals surface area contributed by atoms with Crippen LogP contribution in [0.3, 0.4) is 0 Å². The molecule has 3 nitrogen and oxygen atoms in total. The average Bonchev–Trinajstić information content (AvgIpc) is 2.32. The highest BCUT2D eigenvalue weighted by atomic mass is 15.1. The van der Waals surface area contributed by atoms with Gasteiger partial charge in [0.15, 0.2) is 0 Å². The van der Waals surface area contributed by atoms with Crippen LogP contribution in [0.15, 0.2) is 18.5 Å². The second-order valence-electron chi connectivity index (χ2n) is 6.22. The largest absolute Gasteiger partial charge is 0.379 e. The molecule has 1 fully saturated rings. The second-order valence-corrected chi connectivity index (χ2v) is 6.22. The van der Waals surface area contributed by atoms with Gasteiger partial charge in [-0.05, 0) is 24.3 Å². The van der Waals surface area contributed by atoms with Crippen molar-refractivity contribution in [2.24, 2.45) is 5.41 Å². The van der Waals surface area contributed by atoms with Gasteiger partial charge in [0.1, 0.15) is 0 Å². The normalized spacial score (nSPS) is 22.6. The average molecular weight is 247 g/mol. The highest BCUT2D eigenvalue weighted by Gasteiger charge is 2.32. The van der Waals surface area contributed by atoms with E-state index in [1.165, 1.54) is 31.4 Å². The van der Waals surface area contributed by atoms with Gasteiger partial charge in [0.2, 0.25) is 0 Å². The molecule has 0 aliphatic heterocycles. The monoisotopic (exact) mass is 247 g/mol. The van der Waals surface area contributed by atoms with Crippen LogP contribution in [0.2, 0.25) is 0 Å². The van der Waals surface area contributed by atoms with Gasteiger partial charge < -0.3 is 10.2 Å². The standard InChI is InChI=1S/C15H25N3/c1-15(2)9-6-5-7-14(15)17-12-11-16-10-8-13(12)18(3)4/h8,10-11,14,17H,5-7,9H2,1-4H3. The topological polar surface area (TPSA) is 28.2 Å². The fourth-order valence-corrected chi connectivity index (χ4v) is 2.84. The van der Waals surface area contributed by atoms with Crippen LogP contribution in [0.5, 0.6) is 0 Å². The molecule has 1 saturated carbocycles. The summed E-state index contributed by atoms with van der Waals surface area (Å²) in [5, 5.41) is 3.72. The number of hydrogen-bond acceptors (Lipinski definition) is 3. The smallest absolute Gasteiger partial charge is 0.0766 e. The maximum atomic E-state index is 4.25. The number of pyridine rings is 1. The molecule has 0 spiro atoms. The van der Waals surface area contributed by atoms with E-state index in [0.29, 0.717) is 11.5 Å². The molecular weight excluding hydrogens is 222 g/mol. The van der Waals surface area contributed by atoms with Crippen LogP contribution in [0.4, 0.5) is 11.4 Å². The lowest BCUT2D eigenvalue weighted by Crippen LogP contribution is -2.39. The van der Waals surface area contributed by atoms with Crippen molar-refractivity contribution < 1.29 is 0 Å². The first-order valence-electron chi connectivity index (χ1n) is 6.88. The molecule has 1 atom stereocenters. The van der Waals surface area contributed by atoms with Crippen LogP contribution >= 0.6 is 0 Å². The minimum atomic E-state index is 0.373. The van der Waals surface area contributed by atoms with Gasteiger partial charge in [-0.2, -0.15) is 0 Å². The number of nitrogens with zero attached hydrogens (tertiary/aromatic N) is 2. The van der Waals surface area contributed by atoms with Gasteiger partial charge in [0, 0.05) is 26.3 Å². The van der Waals surface area contributed by atoms with E-state index in [1.807, 2.05) is 12.4 Å². The first kappa shape index (κ1) is 13.2.